The average Bonchev–Trinajstić information content (AvgIpc) is 3.03. The van der Waals surface area contributed by atoms with E-state index in [1.165, 1.54) is 26.4 Å². The Bertz CT molecular complexity index is 1380. The minimum absolute atomic E-state index is 0.0687. The second kappa shape index (κ2) is 18.3. The van der Waals surface area contributed by atoms with Crippen molar-refractivity contribution in [2.24, 2.45) is 0 Å². The fourth-order valence-electron chi connectivity index (χ4n) is 4.96. The molecular formula is C34H46ClNO12. The number of hydrogen-bond acceptors (Lipinski definition) is 12. The Hall–Kier alpha value is -3.46. The van der Waals surface area contributed by atoms with Crippen LogP contribution in [0.2, 0.25) is 5.02 Å². The molecule has 48 heavy (non-hydrogen) atoms. The molecule has 1 amide bonds. The van der Waals surface area contributed by atoms with Gasteiger partial charge in [-0.15, -0.1) is 0 Å². The quantitative estimate of drug-likeness (QED) is 0.146. The topological polar surface area (TPSA) is 179 Å². The van der Waals surface area contributed by atoms with Crippen molar-refractivity contribution in [1.82, 2.24) is 0 Å². The van der Waals surface area contributed by atoms with E-state index in [1.807, 2.05) is 26.8 Å². The van der Waals surface area contributed by atoms with Gasteiger partial charge in [-0.2, -0.15) is 0 Å². The van der Waals surface area contributed by atoms with Crippen LogP contribution in [-0.4, -0.2) is 90.3 Å². The van der Waals surface area contributed by atoms with Crippen LogP contribution < -0.4 is 14.8 Å². The molecule has 0 radical (unpaired) electrons. The van der Waals surface area contributed by atoms with Crippen LogP contribution in [-0.2, 0) is 35.1 Å². The number of methoxy groups -OCH3 is 2. The first-order chi connectivity index (χ1) is 22.8. The van der Waals surface area contributed by atoms with Gasteiger partial charge in [0.15, 0.2) is 12.4 Å². The Morgan fingerprint density at radius 1 is 0.958 bits per heavy atom. The van der Waals surface area contributed by atoms with Crippen LogP contribution in [0.1, 0.15) is 75.2 Å². The van der Waals surface area contributed by atoms with Crippen molar-refractivity contribution in [3.63, 3.8) is 0 Å². The SMILES string of the molecule is COc1cc(OCc2cccc(NC(=O)CCCCCCC(=O)OC(C)(C)C)c2)c(Cl)cc1C(=O)O[C@H]1[C@@H](OC)O[C@H](CO)[C@@H](O)[C@@H]1O. The second-order valence-electron chi connectivity index (χ2n) is 12.3. The fraction of sp³-hybridized carbons (Fsp3) is 0.559. The van der Waals surface area contributed by atoms with E-state index in [-0.39, 0.29) is 40.6 Å². The van der Waals surface area contributed by atoms with Gasteiger partial charge in [-0.3, -0.25) is 9.59 Å². The Labute approximate surface area is 285 Å². The van der Waals surface area contributed by atoms with Crippen molar-refractivity contribution in [3.8, 4) is 11.5 Å². The molecule has 5 atom stereocenters. The number of carbonyl (C=O) groups excluding carboxylic acids is 3. The van der Waals surface area contributed by atoms with E-state index < -0.39 is 48.9 Å². The number of unbranched alkanes of at least 4 members (excludes halogenated alkanes) is 3. The number of rotatable bonds is 16. The highest BCUT2D eigenvalue weighted by Gasteiger charge is 2.47. The molecule has 1 aliphatic rings. The van der Waals surface area contributed by atoms with Gasteiger partial charge in [0.1, 0.15) is 47.6 Å². The molecule has 4 N–H and O–H groups in total. The van der Waals surface area contributed by atoms with Crippen LogP contribution in [0, 0.1) is 0 Å². The van der Waals surface area contributed by atoms with E-state index in [0.29, 0.717) is 31.4 Å². The van der Waals surface area contributed by atoms with Gasteiger partial charge in [-0.05, 0) is 57.4 Å². The van der Waals surface area contributed by atoms with E-state index >= 15 is 0 Å². The third-order valence-electron chi connectivity index (χ3n) is 7.33. The van der Waals surface area contributed by atoms with Gasteiger partial charge in [-0.25, -0.2) is 4.79 Å². The maximum atomic E-state index is 13.1. The molecule has 0 aliphatic carbocycles. The molecule has 1 heterocycles. The second-order valence-corrected chi connectivity index (χ2v) is 12.7. The number of nitrogens with one attached hydrogen (secondary N) is 1. The Kier molecular flexibility index (Phi) is 14.9. The van der Waals surface area contributed by atoms with E-state index in [0.717, 1.165) is 18.4 Å². The lowest BCUT2D eigenvalue weighted by Gasteiger charge is -2.40. The average molecular weight is 696 g/mol. The zero-order chi connectivity index (χ0) is 35.4. The number of benzene rings is 2. The summed E-state index contributed by atoms with van der Waals surface area (Å²) in [5.74, 6) is -0.991. The van der Waals surface area contributed by atoms with Crippen molar-refractivity contribution in [1.29, 1.82) is 0 Å². The number of ether oxygens (including phenoxy) is 6. The van der Waals surface area contributed by atoms with Gasteiger partial charge in [0.25, 0.3) is 0 Å². The first-order valence-electron chi connectivity index (χ1n) is 15.7. The summed E-state index contributed by atoms with van der Waals surface area (Å²) in [6.45, 7) is 5.02. The monoisotopic (exact) mass is 695 g/mol. The van der Waals surface area contributed by atoms with Crippen molar-refractivity contribution in [3.05, 3.63) is 52.5 Å². The first-order valence-corrected chi connectivity index (χ1v) is 16.1. The van der Waals surface area contributed by atoms with E-state index in [4.69, 9.17) is 40.0 Å². The zero-order valence-electron chi connectivity index (χ0n) is 27.9. The summed E-state index contributed by atoms with van der Waals surface area (Å²) in [6.07, 6.45) is -3.15. The van der Waals surface area contributed by atoms with E-state index in [1.54, 1.807) is 18.2 Å². The van der Waals surface area contributed by atoms with Crippen LogP contribution in [0.4, 0.5) is 5.69 Å². The highest BCUT2D eigenvalue weighted by atomic mass is 35.5. The number of aliphatic hydroxyl groups excluding tert-OH is 3. The number of anilines is 1. The molecule has 13 nitrogen and oxygen atoms in total. The minimum atomic E-state index is -1.60. The summed E-state index contributed by atoms with van der Waals surface area (Å²) >= 11 is 6.44. The van der Waals surface area contributed by atoms with Crippen LogP contribution in [0.25, 0.3) is 0 Å². The van der Waals surface area contributed by atoms with Gasteiger partial charge in [0, 0.05) is 31.7 Å². The number of amides is 1. The van der Waals surface area contributed by atoms with Crippen molar-refractivity contribution in [2.75, 3.05) is 26.1 Å². The molecule has 0 spiro atoms. The summed E-state index contributed by atoms with van der Waals surface area (Å²) in [5, 5.41) is 33.1. The number of halogens is 1. The first kappa shape index (κ1) is 39.0. The van der Waals surface area contributed by atoms with Gasteiger partial charge in [0.2, 0.25) is 5.91 Å². The smallest absolute Gasteiger partial charge is 0.342 e. The largest absolute Gasteiger partial charge is 0.496 e. The lowest BCUT2D eigenvalue weighted by atomic mass is 9.99. The number of carbonyl (C=O) groups is 3. The van der Waals surface area contributed by atoms with Crippen molar-refractivity contribution < 1.29 is 58.1 Å². The lowest BCUT2D eigenvalue weighted by Crippen LogP contribution is -2.60. The van der Waals surface area contributed by atoms with Crippen LogP contribution >= 0.6 is 11.6 Å². The predicted octanol–water partition coefficient (Wildman–Crippen LogP) is 4.16. The predicted molar refractivity (Wildman–Crippen MR) is 175 cm³/mol. The van der Waals surface area contributed by atoms with Gasteiger partial charge >= 0.3 is 11.9 Å². The molecule has 0 unspecified atom stereocenters. The number of hydrogen-bond donors (Lipinski definition) is 4. The lowest BCUT2D eigenvalue weighted by molar-refractivity contribution is -0.293. The fourth-order valence-corrected chi connectivity index (χ4v) is 5.17. The Balaban J connectivity index is 1.52. The van der Waals surface area contributed by atoms with E-state index in [9.17, 15) is 29.7 Å². The zero-order valence-corrected chi connectivity index (χ0v) is 28.7. The highest BCUT2D eigenvalue weighted by molar-refractivity contribution is 6.32. The molecule has 0 saturated carbocycles. The summed E-state index contributed by atoms with van der Waals surface area (Å²) in [5.41, 5.74) is 0.773. The molecule has 266 valence electrons. The molecule has 1 saturated heterocycles. The molecule has 3 rings (SSSR count). The maximum absolute atomic E-state index is 13.1. The molecular weight excluding hydrogens is 650 g/mol. The van der Waals surface area contributed by atoms with Crippen LogP contribution in [0.3, 0.4) is 0 Å². The van der Waals surface area contributed by atoms with Crippen molar-refractivity contribution >= 4 is 35.1 Å². The Morgan fingerprint density at radius 3 is 2.31 bits per heavy atom. The summed E-state index contributed by atoms with van der Waals surface area (Å²) in [6, 6.07) is 9.84. The third-order valence-corrected chi connectivity index (χ3v) is 7.63. The number of esters is 2. The van der Waals surface area contributed by atoms with Gasteiger partial charge in [-0.1, -0.05) is 36.6 Å². The molecule has 1 aliphatic heterocycles. The number of aliphatic hydroxyl groups is 3. The molecule has 2 aromatic carbocycles. The Morgan fingerprint density at radius 2 is 1.67 bits per heavy atom. The molecule has 14 heteroatoms. The summed E-state index contributed by atoms with van der Waals surface area (Å²) in [7, 11) is 2.60. The summed E-state index contributed by atoms with van der Waals surface area (Å²) < 4.78 is 32.5. The minimum Gasteiger partial charge on any atom is -0.496 e. The molecule has 0 bridgehead atoms. The maximum Gasteiger partial charge on any atom is 0.342 e. The highest BCUT2D eigenvalue weighted by Crippen LogP contribution is 2.35. The van der Waals surface area contributed by atoms with Crippen LogP contribution in [0.5, 0.6) is 11.5 Å². The molecule has 2 aromatic rings. The normalized spacial score (nSPS) is 20.9. The molecule has 1 fully saturated rings. The van der Waals surface area contributed by atoms with E-state index in [2.05, 4.69) is 5.32 Å². The van der Waals surface area contributed by atoms with Crippen LogP contribution in [0.15, 0.2) is 36.4 Å². The van der Waals surface area contributed by atoms with Crippen molar-refractivity contribution in [2.45, 2.75) is 102 Å². The summed E-state index contributed by atoms with van der Waals surface area (Å²) in [4.78, 5) is 37.4. The van der Waals surface area contributed by atoms with Gasteiger partial charge in [0.05, 0.1) is 18.7 Å². The molecule has 0 aromatic heterocycles. The van der Waals surface area contributed by atoms with Gasteiger partial charge < -0.3 is 49.1 Å². The third kappa shape index (κ3) is 11.6. The standard InChI is InChI=1S/C34H46ClNO12/c1-34(2,3)48-28(39)14-9-7-6-8-13-27(38)36-21-12-10-11-20(15-21)19-45-25-17-24(43-4)22(16-23(25)35)32(42)47-31-30(41)29(40)26(18-37)46-33(31)44-5/h10-12,15-17,26,29-31,33,37,40-41H,6-9,13-14,18-19H2,1-5H3,(H,36,38)/t26-,29-,30+,31-,33+/m1/s1.